The Kier molecular flexibility index (Phi) is 8.55. The van der Waals surface area contributed by atoms with E-state index in [9.17, 15) is 14.0 Å². The molecule has 0 radical (unpaired) electrons. The summed E-state index contributed by atoms with van der Waals surface area (Å²) in [4.78, 5) is 31.4. The fourth-order valence-electron chi connectivity index (χ4n) is 4.07. The molecular weight excluding hydrogens is 487 g/mol. The maximum atomic E-state index is 13.6. The average Bonchev–Trinajstić information content (AvgIpc) is 3.51. The van der Waals surface area contributed by atoms with Crippen LogP contribution in [0.5, 0.6) is 0 Å². The summed E-state index contributed by atoms with van der Waals surface area (Å²) >= 11 is 7.59. The van der Waals surface area contributed by atoms with Crippen molar-refractivity contribution < 1.29 is 18.7 Å². The second-order valence-electron chi connectivity index (χ2n) is 8.73. The van der Waals surface area contributed by atoms with E-state index in [1.165, 1.54) is 12.1 Å². The van der Waals surface area contributed by atoms with Crippen molar-refractivity contribution in [3.8, 4) is 0 Å². The molecule has 0 bridgehead atoms. The van der Waals surface area contributed by atoms with Crippen molar-refractivity contribution >= 4 is 34.8 Å². The summed E-state index contributed by atoms with van der Waals surface area (Å²) in [6, 6.07) is 14.8. The van der Waals surface area contributed by atoms with E-state index in [0.717, 1.165) is 28.8 Å². The first-order chi connectivity index (χ1) is 16.9. The van der Waals surface area contributed by atoms with Crippen molar-refractivity contribution in [2.45, 2.75) is 39.0 Å². The highest BCUT2D eigenvalue weighted by molar-refractivity contribution is 7.10. The number of rotatable bonds is 9. The third kappa shape index (κ3) is 6.90. The Bertz CT molecular complexity index is 1140. The van der Waals surface area contributed by atoms with Crippen LogP contribution in [0.4, 0.5) is 4.39 Å². The van der Waals surface area contributed by atoms with Gasteiger partial charge in [0.25, 0.3) is 5.91 Å². The van der Waals surface area contributed by atoms with E-state index >= 15 is 0 Å². The van der Waals surface area contributed by atoms with Gasteiger partial charge >= 0.3 is 0 Å². The van der Waals surface area contributed by atoms with Gasteiger partial charge in [-0.15, -0.1) is 11.3 Å². The van der Waals surface area contributed by atoms with Crippen LogP contribution in [0.25, 0.3) is 0 Å². The molecule has 2 aromatic carbocycles. The summed E-state index contributed by atoms with van der Waals surface area (Å²) in [5, 5.41) is 2.54. The summed E-state index contributed by atoms with van der Waals surface area (Å²) in [6.45, 7) is 3.68. The number of hydrogen-bond donors (Lipinski definition) is 0. The number of thiophene rings is 1. The highest BCUT2D eigenvalue weighted by Gasteiger charge is 2.27. The Hall–Kier alpha value is -2.74. The maximum Gasteiger partial charge on any atom is 0.254 e. The molecule has 1 unspecified atom stereocenters. The molecule has 3 aromatic rings. The predicted molar refractivity (Wildman–Crippen MR) is 136 cm³/mol. The fourth-order valence-corrected chi connectivity index (χ4v) is 5.12. The van der Waals surface area contributed by atoms with Crippen molar-refractivity contribution in [3.63, 3.8) is 0 Å². The van der Waals surface area contributed by atoms with Gasteiger partial charge < -0.3 is 14.5 Å². The van der Waals surface area contributed by atoms with Gasteiger partial charge in [0.05, 0.1) is 12.6 Å². The van der Waals surface area contributed by atoms with E-state index in [1.807, 2.05) is 18.4 Å². The molecule has 0 N–H and O–H groups in total. The molecule has 8 heteroatoms. The lowest BCUT2D eigenvalue weighted by Crippen LogP contribution is -2.45. The van der Waals surface area contributed by atoms with Crippen molar-refractivity contribution in [2.75, 3.05) is 19.7 Å². The minimum atomic E-state index is -0.322. The minimum absolute atomic E-state index is 0.0765. The topological polar surface area (TPSA) is 49.9 Å². The van der Waals surface area contributed by atoms with Gasteiger partial charge in [0, 0.05) is 35.2 Å². The number of nitrogens with zero attached hydrogens (tertiary/aromatic N) is 2. The maximum absolute atomic E-state index is 13.6. The highest BCUT2D eigenvalue weighted by atomic mass is 35.5. The normalized spacial score (nSPS) is 15.2. The first-order valence-electron chi connectivity index (χ1n) is 11.6. The lowest BCUT2D eigenvalue weighted by molar-refractivity contribution is -0.133. The number of aryl methyl sites for hydroxylation is 1. The number of benzene rings is 2. The van der Waals surface area contributed by atoms with Crippen LogP contribution in [0.1, 0.15) is 39.2 Å². The van der Waals surface area contributed by atoms with E-state index in [-0.39, 0.29) is 30.3 Å². The first kappa shape index (κ1) is 25.4. The van der Waals surface area contributed by atoms with Crippen molar-refractivity contribution in [3.05, 3.63) is 92.4 Å². The zero-order chi connectivity index (χ0) is 24.8. The van der Waals surface area contributed by atoms with E-state index in [0.29, 0.717) is 36.8 Å². The van der Waals surface area contributed by atoms with Crippen LogP contribution in [0.2, 0.25) is 5.02 Å². The molecular formula is C27H28ClFN2O3S. The fraction of sp³-hybridized carbons (Fsp3) is 0.333. The number of hydrogen-bond acceptors (Lipinski definition) is 4. The van der Waals surface area contributed by atoms with E-state index in [1.54, 1.807) is 57.5 Å². The zero-order valence-electron chi connectivity index (χ0n) is 19.6. The smallest absolute Gasteiger partial charge is 0.254 e. The third-order valence-corrected chi connectivity index (χ3v) is 7.35. The second kappa shape index (κ2) is 11.8. The Labute approximate surface area is 214 Å². The van der Waals surface area contributed by atoms with Crippen molar-refractivity contribution in [2.24, 2.45) is 0 Å². The van der Waals surface area contributed by atoms with Crippen LogP contribution in [-0.2, 0) is 22.6 Å². The lowest BCUT2D eigenvalue weighted by Gasteiger charge is -2.29. The number of carbonyl (C=O) groups is 2. The van der Waals surface area contributed by atoms with Crippen LogP contribution in [0, 0.1) is 12.7 Å². The lowest BCUT2D eigenvalue weighted by atomic mass is 10.1. The van der Waals surface area contributed by atoms with E-state index in [4.69, 9.17) is 16.3 Å². The van der Waals surface area contributed by atoms with E-state index < -0.39 is 0 Å². The molecule has 4 rings (SSSR count). The molecule has 0 aliphatic carbocycles. The average molecular weight is 515 g/mol. The summed E-state index contributed by atoms with van der Waals surface area (Å²) in [6.07, 6.45) is 1.70. The summed E-state index contributed by atoms with van der Waals surface area (Å²) in [5.41, 5.74) is 2.41. The van der Waals surface area contributed by atoms with Crippen LogP contribution in [-0.4, -0.2) is 47.4 Å². The van der Waals surface area contributed by atoms with Crippen LogP contribution in [0.3, 0.4) is 0 Å². The van der Waals surface area contributed by atoms with Crippen molar-refractivity contribution in [1.82, 2.24) is 9.80 Å². The number of carbonyl (C=O) groups excluding carboxylic acids is 2. The van der Waals surface area contributed by atoms with Crippen molar-refractivity contribution in [1.29, 1.82) is 0 Å². The number of amides is 2. The van der Waals surface area contributed by atoms with Gasteiger partial charge in [-0.3, -0.25) is 9.59 Å². The quantitative estimate of drug-likeness (QED) is 0.368. The highest BCUT2D eigenvalue weighted by Crippen LogP contribution is 2.21. The second-order valence-corrected chi connectivity index (χ2v) is 10.2. The molecule has 1 atom stereocenters. The van der Waals surface area contributed by atoms with Gasteiger partial charge in [-0.1, -0.05) is 23.7 Å². The molecule has 2 amide bonds. The molecule has 0 saturated carbocycles. The molecule has 1 fully saturated rings. The Morgan fingerprint density at radius 2 is 1.80 bits per heavy atom. The Morgan fingerprint density at radius 3 is 2.43 bits per heavy atom. The molecule has 2 heterocycles. The number of halogens is 2. The molecule has 184 valence electrons. The molecule has 1 aliphatic rings. The summed E-state index contributed by atoms with van der Waals surface area (Å²) < 4.78 is 19.2. The first-order valence-corrected chi connectivity index (χ1v) is 12.9. The SMILES string of the molecule is Cc1ccsc1CN(Cc1ccc(F)cc1)C(=O)CN(CC1CCCO1)C(=O)c1ccc(Cl)cc1. The van der Waals surface area contributed by atoms with Crippen LogP contribution < -0.4 is 0 Å². The number of ether oxygens (including phenoxy) is 1. The van der Waals surface area contributed by atoms with Gasteiger partial charge in [0.2, 0.25) is 5.91 Å². The monoisotopic (exact) mass is 514 g/mol. The minimum Gasteiger partial charge on any atom is -0.376 e. The molecule has 1 saturated heterocycles. The summed E-state index contributed by atoms with van der Waals surface area (Å²) in [7, 11) is 0. The molecule has 5 nitrogen and oxygen atoms in total. The zero-order valence-corrected chi connectivity index (χ0v) is 21.2. The van der Waals surface area contributed by atoms with Crippen LogP contribution >= 0.6 is 22.9 Å². The van der Waals surface area contributed by atoms with Crippen LogP contribution in [0.15, 0.2) is 60.0 Å². The third-order valence-electron chi connectivity index (χ3n) is 6.09. The predicted octanol–water partition coefficient (Wildman–Crippen LogP) is 5.70. The standard InChI is InChI=1S/C27H28ClFN2O3S/c1-19-12-14-35-25(19)17-30(15-20-4-10-23(29)11-5-20)26(32)18-31(16-24-3-2-13-34-24)27(33)21-6-8-22(28)9-7-21/h4-12,14,24H,2-3,13,15-18H2,1H3. The van der Waals surface area contributed by atoms with Gasteiger partial charge in [0.1, 0.15) is 12.4 Å². The molecule has 35 heavy (non-hydrogen) atoms. The summed E-state index contributed by atoms with van der Waals surface area (Å²) in [5.74, 6) is -0.737. The van der Waals surface area contributed by atoms with Gasteiger partial charge in [-0.25, -0.2) is 4.39 Å². The largest absolute Gasteiger partial charge is 0.376 e. The van der Waals surface area contributed by atoms with Gasteiger partial charge in [-0.05, 0) is 78.7 Å². The molecule has 1 aromatic heterocycles. The molecule has 1 aliphatic heterocycles. The Morgan fingerprint density at radius 1 is 1.06 bits per heavy atom. The molecule has 0 spiro atoms. The van der Waals surface area contributed by atoms with Gasteiger partial charge in [-0.2, -0.15) is 0 Å². The van der Waals surface area contributed by atoms with Gasteiger partial charge in [0.15, 0.2) is 0 Å². The Balaban J connectivity index is 1.56. The van der Waals surface area contributed by atoms with E-state index in [2.05, 4.69) is 0 Å².